The summed E-state index contributed by atoms with van der Waals surface area (Å²) in [5.41, 5.74) is 1.21. The first-order chi connectivity index (χ1) is 10.1. The molecule has 1 aromatic rings. The molecule has 0 unspecified atom stereocenters. The van der Waals surface area contributed by atoms with Crippen LogP contribution in [0.1, 0.15) is 49.0 Å². The highest BCUT2D eigenvalue weighted by molar-refractivity contribution is 6.32. The SMILES string of the molecule is CCC(CC)CNC(=O)c1ccc(C#CCCO)c(Cl)c1. The zero-order chi connectivity index (χ0) is 15.7. The maximum absolute atomic E-state index is 12.1. The van der Waals surface area contributed by atoms with E-state index in [-0.39, 0.29) is 12.5 Å². The number of benzene rings is 1. The number of aliphatic hydroxyl groups is 1. The van der Waals surface area contributed by atoms with Crippen molar-refractivity contribution in [1.82, 2.24) is 5.32 Å². The minimum atomic E-state index is -0.112. The minimum Gasteiger partial charge on any atom is -0.395 e. The van der Waals surface area contributed by atoms with Gasteiger partial charge in [-0.25, -0.2) is 0 Å². The Kier molecular flexibility index (Phi) is 7.89. The number of rotatable bonds is 6. The molecule has 2 N–H and O–H groups in total. The van der Waals surface area contributed by atoms with Crippen LogP contribution in [-0.2, 0) is 0 Å². The molecule has 0 aliphatic rings. The highest BCUT2D eigenvalue weighted by Crippen LogP contribution is 2.17. The molecule has 0 radical (unpaired) electrons. The summed E-state index contributed by atoms with van der Waals surface area (Å²) in [6.07, 6.45) is 2.52. The summed E-state index contributed by atoms with van der Waals surface area (Å²) in [5.74, 6) is 6.08. The van der Waals surface area contributed by atoms with Gasteiger partial charge in [-0.05, 0) is 24.1 Å². The normalized spacial score (nSPS) is 10.1. The molecule has 4 heteroatoms. The zero-order valence-electron chi connectivity index (χ0n) is 12.6. The predicted octanol–water partition coefficient (Wildman–Crippen LogP) is 3.24. The van der Waals surface area contributed by atoms with Gasteiger partial charge in [-0.2, -0.15) is 0 Å². The lowest BCUT2D eigenvalue weighted by Gasteiger charge is -2.13. The van der Waals surface area contributed by atoms with Crippen LogP contribution in [0.2, 0.25) is 5.02 Å². The highest BCUT2D eigenvalue weighted by atomic mass is 35.5. The Morgan fingerprint density at radius 1 is 1.38 bits per heavy atom. The third kappa shape index (κ3) is 5.79. The molecule has 1 rings (SSSR count). The molecule has 0 saturated heterocycles. The van der Waals surface area contributed by atoms with E-state index in [4.69, 9.17) is 16.7 Å². The van der Waals surface area contributed by atoms with Crippen LogP contribution in [0.5, 0.6) is 0 Å². The maximum atomic E-state index is 12.1. The molecule has 0 aromatic heterocycles. The molecular weight excluding hydrogens is 286 g/mol. The van der Waals surface area contributed by atoms with E-state index >= 15 is 0 Å². The maximum Gasteiger partial charge on any atom is 0.251 e. The predicted molar refractivity (Wildman–Crippen MR) is 86.4 cm³/mol. The van der Waals surface area contributed by atoms with Gasteiger partial charge in [-0.3, -0.25) is 4.79 Å². The molecule has 0 aliphatic heterocycles. The molecule has 3 nitrogen and oxygen atoms in total. The van der Waals surface area contributed by atoms with E-state index in [0.29, 0.717) is 35.0 Å². The van der Waals surface area contributed by atoms with E-state index in [0.717, 1.165) is 12.8 Å². The smallest absolute Gasteiger partial charge is 0.251 e. The van der Waals surface area contributed by atoms with Crippen LogP contribution < -0.4 is 5.32 Å². The van der Waals surface area contributed by atoms with Gasteiger partial charge in [0.1, 0.15) is 0 Å². The van der Waals surface area contributed by atoms with E-state index in [1.165, 1.54) is 0 Å². The van der Waals surface area contributed by atoms with Crippen molar-refractivity contribution in [2.75, 3.05) is 13.2 Å². The fourth-order valence-electron chi connectivity index (χ4n) is 1.89. The molecule has 0 atom stereocenters. The van der Waals surface area contributed by atoms with Gasteiger partial charge >= 0.3 is 0 Å². The molecule has 0 spiro atoms. The molecule has 0 saturated carbocycles. The first-order valence-electron chi connectivity index (χ1n) is 7.29. The Morgan fingerprint density at radius 2 is 2.10 bits per heavy atom. The number of carbonyl (C=O) groups excluding carboxylic acids is 1. The van der Waals surface area contributed by atoms with Gasteiger partial charge in [0.2, 0.25) is 0 Å². The summed E-state index contributed by atoms with van der Waals surface area (Å²) in [7, 11) is 0. The van der Waals surface area contributed by atoms with Crippen LogP contribution in [0.4, 0.5) is 0 Å². The third-order valence-electron chi connectivity index (χ3n) is 3.40. The molecule has 0 heterocycles. The van der Waals surface area contributed by atoms with E-state index < -0.39 is 0 Å². The topological polar surface area (TPSA) is 49.3 Å². The lowest BCUT2D eigenvalue weighted by atomic mass is 10.0. The number of hydrogen-bond acceptors (Lipinski definition) is 2. The van der Waals surface area contributed by atoms with E-state index in [1.807, 2.05) is 0 Å². The fraction of sp³-hybridized carbons (Fsp3) is 0.471. The van der Waals surface area contributed by atoms with Crippen molar-refractivity contribution < 1.29 is 9.90 Å². The summed E-state index contributed by atoms with van der Waals surface area (Å²) in [5, 5.41) is 12.1. The minimum absolute atomic E-state index is 0.0289. The van der Waals surface area contributed by atoms with E-state index in [9.17, 15) is 4.79 Å². The Bertz CT molecular complexity index is 527. The highest BCUT2D eigenvalue weighted by Gasteiger charge is 2.10. The summed E-state index contributed by atoms with van der Waals surface area (Å²) in [4.78, 5) is 12.1. The van der Waals surface area contributed by atoms with Crippen LogP contribution >= 0.6 is 11.6 Å². The third-order valence-corrected chi connectivity index (χ3v) is 3.71. The Hall–Kier alpha value is -1.50. The molecule has 0 fully saturated rings. The number of amides is 1. The molecule has 1 amide bonds. The van der Waals surface area contributed by atoms with Crippen LogP contribution in [0, 0.1) is 17.8 Å². The molecule has 21 heavy (non-hydrogen) atoms. The van der Waals surface area contributed by atoms with Crippen LogP contribution in [0.3, 0.4) is 0 Å². The first-order valence-corrected chi connectivity index (χ1v) is 7.67. The molecule has 0 bridgehead atoms. The number of aliphatic hydroxyl groups excluding tert-OH is 1. The van der Waals surface area contributed by atoms with Gasteiger partial charge < -0.3 is 10.4 Å². The summed E-state index contributed by atoms with van der Waals surface area (Å²) in [6.45, 7) is 4.96. The van der Waals surface area contributed by atoms with Crippen molar-refractivity contribution >= 4 is 17.5 Å². The van der Waals surface area contributed by atoms with Gasteiger partial charge in [0.05, 0.1) is 11.6 Å². The van der Waals surface area contributed by atoms with Crippen molar-refractivity contribution in [2.24, 2.45) is 5.92 Å². The zero-order valence-corrected chi connectivity index (χ0v) is 13.3. The van der Waals surface area contributed by atoms with E-state index in [1.54, 1.807) is 18.2 Å². The van der Waals surface area contributed by atoms with Crippen molar-refractivity contribution in [3.05, 3.63) is 34.3 Å². The van der Waals surface area contributed by atoms with Gasteiger partial charge in [-0.1, -0.05) is 50.1 Å². The van der Waals surface area contributed by atoms with E-state index in [2.05, 4.69) is 31.0 Å². The molecule has 114 valence electrons. The number of carbonyl (C=O) groups is 1. The van der Waals surface area contributed by atoms with Gasteiger partial charge in [0.25, 0.3) is 5.91 Å². The average Bonchev–Trinajstić information content (AvgIpc) is 2.49. The summed E-state index contributed by atoms with van der Waals surface area (Å²) >= 11 is 6.12. The number of halogens is 1. The second-order valence-corrected chi connectivity index (χ2v) is 5.27. The van der Waals surface area contributed by atoms with Crippen molar-refractivity contribution in [1.29, 1.82) is 0 Å². The molecular formula is C17H22ClNO2. The Morgan fingerprint density at radius 3 is 2.67 bits per heavy atom. The quantitative estimate of drug-likeness (QED) is 0.793. The lowest BCUT2D eigenvalue weighted by molar-refractivity contribution is 0.0946. The van der Waals surface area contributed by atoms with Crippen LogP contribution in [0.25, 0.3) is 0 Å². The van der Waals surface area contributed by atoms with Gasteiger partial charge in [0.15, 0.2) is 0 Å². The standard InChI is InChI=1S/C17H22ClNO2/c1-3-13(4-2)12-19-17(21)15-9-8-14(16(18)11-15)7-5-6-10-20/h8-9,11,13,20H,3-4,6,10,12H2,1-2H3,(H,19,21). The average molecular weight is 308 g/mol. The lowest BCUT2D eigenvalue weighted by Crippen LogP contribution is -2.28. The monoisotopic (exact) mass is 307 g/mol. The van der Waals surface area contributed by atoms with Crippen molar-refractivity contribution in [3.8, 4) is 11.8 Å². The summed E-state index contributed by atoms with van der Waals surface area (Å²) < 4.78 is 0. The Balaban J connectivity index is 2.70. The molecule has 0 aliphatic carbocycles. The second-order valence-electron chi connectivity index (χ2n) is 4.86. The number of hydrogen-bond donors (Lipinski definition) is 2. The first kappa shape index (κ1) is 17.6. The number of nitrogens with one attached hydrogen (secondary N) is 1. The molecule has 1 aromatic carbocycles. The van der Waals surface area contributed by atoms with Crippen molar-refractivity contribution in [3.63, 3.8) is 0 Å². The second kappa shape index (κ2) is 9.44. The van der Waals surface area contributed by atoms with Crippen molar-refractivity contribution in [2.45, 2.75) is 33.1 Å². The van der Waals surface area contributed by atoms with Gasteiger partial charge in [-0.15, -0.1) is 0 Å². The van der Waals surface area contributed by atoms with Gasteiger partial charge in [0, 0.05) is 24.1 Å². The Labute approximate surface area is 131 Å². The van der Waals surface area contributed by atoms with Crippen LogP contribution in [0.15, 0.2) is 18.2 Å². The largest absolute Gasteiger partial charge is 0.395 e. The van der Waals surface area contributed by atoms with Crippen LogP contribution in [-0.4, -0.2) is 24.2 Å². The summed E-state index contributed by atoms with van der Waals surface area (Å²) in [6, 6.07) is 5.09. The fourth-order valence-corrected chi connectivity index (χ4v) is 2.12.